The topological polar surface area (TPSA) is 47.3 Å². The predicted molar refractivity (Wildman–Crippen MR) is 75.5 cm³/mol. The third kappa shape index (κ3) is 2.94. The summed E-state index contributed by atoms with van der Waals surface area (Å²) in [6.07, 6.45) is 1.87. The molecule has 4 heteroatoms. The van der Waals surface area contributed by atoms with Gasteiger partial charge in [-0.1, -0.05) is 0 Å². The first-order valence-electron chi connectivity index (χ1n) is 6.60. The van der Waals surface area contributed by atoms with E-state index >= 15 is 0 Å². The zero-order chi connectivity index (χ0) is 13.8. The van der Waals surface area contributed by atoms with E-state index in [9.17, 15) is 10.1 Å². The molecule has 0 spiro atoms. The fourth-order valence-electron chi connectivity index (χ4n) is 2.70. The lowest BCUT2D eigenvalue weighted by molar-refractivity contribution is 0.112. The van der Waals surface area contributed by atoms with Crippen molar-refractivity contribution in [2.24, 2.45) is 0 Å². The number of likely N-dealkylation sites (N-methyl/N-ethyl adjacent to an activating group) is 1. The molecule has 100 valence electrons. The molecule has 0 aromatic heterocycles. The van der Waals surface area contributed by atoms with Gasteiger partial charge in [-0.2, -0.15) is 5.26 Å². The summed E-state index contributed by atoms with van der Waals surface area (Å²) in [5.74, 6) is 0. The number of nitriles is 1. The molecule has 1 unspecified atom stereocenters. The van der Waals surface area contributed by atoms with Crippen molar-refractivity contribution in [3.63, 3.8) is 0 Å². The first kappa shape index (κ1) is 13.6. The largest absolute Gasteiger partial charge is 0.366 e. The van der Waals surface area contributed by atoms with E-state index in [1.165, 1.54) is 0 Å². The first-order valence-corrected chi connectivity index (χ1v) is 6.60. The third-order valence-corrected chi connectivity index (χ3v) is 3.63. The molecule has 1 fully saturated rings. The number of anilines is 1. The highest BCUT2D eigenvalue weighted by Crippen LogP contribution is 2.25. The molecule has 0 aliphatic carbocycles. The van der Waals surface area contributed by atoms with E-state index in [1.54, 1.807) is 12.1 Å². The lowest BCUT2D eigenvalue weighted by Crippen LogP contribution is -2.38. The van der Waals surface area contributed by atoms with Crippen molar-refractivity contribution in [2.75, 3.05) is 31.6 Å². The molecule has 1 aliphatic heterocycles. The molecule has 0 saturated carbocycles. The van der Waals surface area contributed by atoms with E-state index in [-0.39, 0.29) is 0 Å². The zero-order valence-electron chi connectivity index (χ0n) is 11.5. The van der Waals surface area contributed by atoms with E-state index in [4.69, 9.17) is 0 Å². The summed E-state index contributed by atoms with van der Waals surface area (Å²) >= 11 is 0. The van der Waals surface area contributed by atoms with Crippen molar-refractivity contribution in [1.29, 1.82) is 5.26 Å². The van der Waals surface area contributed by atoms with Crippen molar-refractivity contribution < 1.29 is 4.79 Å². The van der Waals surface area contributed by atoms with Crippen LogP contribution >= 0.6 is 0 Å². The van der Waals surface area contributed by atoms with Gasteiger partial charge in [-0.3, -0.25) is 4.79 Å². The van der Waals surface area contributed by atoms with Crippen LogP contribution in [-0.4, -0.2) is 43.9 Å². The molecule has 19 heavy (non-hydrogen) atoms. The maximum Gasteiger partial charge on any atom is 0.150 e. The minimum atomic E-state index is 0.363. The van der Waals surface area contributed by atoms with Crippen LogP contribution in [0.1, 0.15) is 29.3 Å². The number of carbonyl (C=O) groups is 1. The molecule has 1 aliphatic rings. The van der Waals surface area contributed by atoms with Crippen molar-refractivity contribution >= 4 is 12.0 Å². The fourth-order valence-corrected chi connectivity index (χ4v) is 2.70. The molecule has 1 aromatic carbocycles. The van der Waals surface area contributed by atoms with E-state index in [0.717, 1.165) is 38.0 Å². The Morgan fingerprint density at radius 3 is 2.89 bits per heavy atom. The Labute approximate surface area is 114 Å². The molecular formula is C15H19N3O. The van der Waals surface area contributed by atoms with Crippen LogP contribution in [0.5, 0.6) is 0 Å². The lowest BCUT2D eigenvalue weighted by atomic mass is 10.1. The van der Waals surface area contributed by atoms with E-state index in [0.29, 0.717) is 17.2 Å². The molecule has 0 N–H and O–H groups in total. The van der Waals surface area contributed by atoms with Crippen molar-refractivity contribution in [3.05, 3.63) is 29.3 Å². The number of nitrogens with zero attached hydrogens (tertiary/aromatic N) is 3. The Morgan fingerprint density at radius 2 is 2.21 bits per heavy atom. The Kier molecular flexibility index (Phi) is 4.18. The van der Waals surface area contributed by atoms with Crippen molar-refractivity contribution in [2.45, 2.75) is 19.4 Å². The quantitative estimate of drug-likeness (QED) is 0.759. The second-order valence-corrected chi connectivity index (χ2v) is 5.16. The van der Waals surface area contributed by atoms with Crippen molar-refractivity contribution in [3.8, 4) is 6.07 Å². The van der Waals surface area contributed by atoms with E-state index in [1.807, 2.05) is 6.07 Å². The molecular weight excluding hydrogens is 238 g/mol. The fraction of sp³-hybridized carbons (Fsp3) is 0.467. The number of hydrogen-bond acceptors (Lipinski definition) is 4. The van der Waals surface area contributed by atoms with Crippen LogP contribution in [0, 0.1) is 11.3 Å². The SMILES string of the molecule is CC1CN(C)CCCN1c1ccc(C=O)cc1C#N. The highest BCUT2D eigenvalue weighted by Gasteiger charge is 2.21. The van der Waals surface area contributed by atoms with Gasteiger partial charge in [0.15, 0.2) is 0 Å². The Morgan fingerprint density at radius 1 is 1.42 bits per heavy atom. The lowest BCUT2D eigenvalue weighted by Gasteiger charge is -2.30. The summed E-state index contributed by atoms with van der Waals surface area (Å²) in [5, 5.41) is 9.27. The highest BCUT2D eigenvalue weighted by molar-refractivity contribution is 5.78. The minimum Gasteiger partial charge on any atom is -0.366 e. The molecule has 0 radical (unpaired) electrons. The summed E-state index contributed by atoms with van der Waals surface area (Å²) in [4.78, 5) is 15.4. The van der Waals surface area contributed by atoms with Crippen molar-refractivity contribution in [1.82, 2.24) is 4.90 Å². The van der Waals surface area contributed by atoms with Crippen LogP contribution in [0.4, 0.5) is 5.69 Å². The van der Waals surface area contributed by atoms with Crippen LogP contribution in [0.15, 0.2) is 18.2 Å². The number of aldehydes is 1. The zero-order valence-corrected chi connectivity index (χ0v) is 11.5. The van der Waals surface area contributed by atoms with Crippen LogP contribution in [0.2, 0.25) is 0 Å². The number of rotatable bonds is 2. The summed E-state index contributed by atoms with van der Waals surface area (Å²) in [6, 6.07) is 7.91. The second-order valence-electron chi connectivity index (χ2n) is 5.16. The highest BCUT2D eigenvalue weighted by atomic mass is 16.1. The summed E-state index contributed by atoms with van der Waals surface area (Å²) in [5.41, 5.74) is 2.08. The molecule has 1 heterocycles. The monoisotopic (exact) mass is 257 g/mol. The average molecular weight is 257 g/mol. The van der Waals surface area contributed by atoms with Gasteiger partial charge in [-0.15, -0.1) is 0 Å². The van der Waals surface area contributed by atoms with Crippen LogP contribution < -0.4 is 4.90 Å². The molecule has 2 rings (SSSR count). The standard InChI is InChI=1S/C15H19N3O/c1-12-10-17(2)6-3-7-18(12)15-5-4-13(11-19)8-14(15)9-16/h4-5,8,11-12H,3,6-7,10H2,1-2H3. The van der Waals surface area contributed by atoms with E-state index < -0.39 is 0 Å². The van der Waals surface area contributed by atoms with Crippen LogP contribution in [0.3, 0.4) is 0 Å². The van der Waals surface area contributed by atoms with Gasteiger partial charge >= 0.3 is 0 Å². The first-order chi connectivity index (χ1) is 9.15. The van der Waals surface area contributed by atoms with Gasteiger partial charge in [0.25, 0.3) is 0 Å². The Hall–Kier alpha value is -1.86. The summed E-state index contributed by atoms with van der Waals surface area (Å²) < 4.78 is 0. The minimum absolute atomic E-state index is 0.363. The predicted octanol–water partition coefficient (Wildman–Crippen LogP) is 1.90. The molecule has 0 amide bonds. The van der Waals surface area contributed by atoms with Gasteiger partial charge in [-0.05, 0) is 45.1 Å². The number of benzene rings is 1. The van der Waals surface area contributed by atoms with Gasteiger partial charge in [0.2, 0.25) is 0 Å². The van der Waals surface area contributed by atoms with E-state index in [2.05, 4.69) is 29.8 Å². The molecule has 1 atom stereocenters. The molecule has 1 aromatic rings. The smallest absolute Gasteiger partial charge is 0.150 e. The number of hydrogen-bond donors (Lipinski definition) is 0. The Bertz CT molecular complexity index is 507. The van der Waals surface area contributed by atoms with Gasteiger partial charge in [0.1, 0.15) is 12.4 Å². The van der Waals surface area contributed by atoms with Gasteiger partial charge in [0, 0.05) is 24.7 Å². The Balaban J connectivity index is 2.35. The second kappa shape index (κ2) is 5.85. The van der Waals surface area contributed by atoms with Gasteiger partial charge in [0.05, 0.1) is 11.3 Å². The van der Waals surface area contributed by atoms with Gasteiger partial charge in [-0.25, -0.2) is 0 Å². The summed E-state index contributed by atoms with van der Waals surface area (Å²) in [6.45, 7) is 5.19. The van der Waals surface area contributed by atoms with Crippen LogP contribution in [-0.2, 0) is 0 Å². The molecule has 0 bridgehead atoms. The van der Waals surface area contributed by atoms with Crippen LogP contribution in [0.25, 0.3) is 0 Å². The maximum absolute atomic E-state index is 10.8. The average Bonchev–Trinajstić information content (AvgIpc) is 2.58. The maximum atomic E-state index is 10.8. The van der Waals surface area contributed by atoms with Gasteiger partial charge < -0.3 is 9.80 Å². The molecule has 1 saturated heterocycles. The summed E-state index contributed by atoms with van der Waals surface area (Å²) in [7, 11) is 2.13. The normalized spacial score (nSPS) is 20.7. The third-order valence-electron chi connectivity index (χ3n) is 3.63. The molecule has 4 nitrogen and oxygen atoms in total. The number of carbonyl (C=O) groups excluding carboxylic acids is 1.